The molecule has 3 rings (SSSR count). The fraction of sp³-hybridized carbons (Fsp3) is 0.455. The van der Waals surface area contributed by atoms with Gasteiger partial charge in [-0.25, -0.2) is 8.78 Å². The molecule has 28 heavy (non-hydrogen) atoms. The second-order valence-electron chi connectivity index (χ2n) is 7.40. The molecule has 0 aliphatic carbocycles. The van der Waals surface area contributed by atoms with Gasteiger partial charge in [0.2, 0.25) is 0 Å². The third-order valence-corrected chi connectivity index (χ3v) is 8.55. The molecule has 2 aromatic rings. The maximum absolute atomic E-state index is 14.0. The molecule has 1 aliphatic heterocycles. The molecule has 0 N–H and O–H groups in total. The van der Waals surface area contributed by atoms with Gasteiger partial charge in [0.25, 0.3) is 0 Å². The molecule has 1 heterocycles. The van der Waals surface area contributed by atoms with E-state index in [9.17, 15) is 17.6 Å². The Labute approximate surface area is 165 Å². The molecule has 1 nitrogen and oxygen atoms in total. The molecular formula is C22H25F4OSi. The molecule has 1 saturated heterocycles. The topological polar surface area (TPSA) is 9.23 Å². The van der Waals surface area contributed by atoms with Crippen molar-refractivity contribution in [3.05, 3.63) is 53.6 Å². The number of benzene rings is 2. The van der Waals surface area contributed by atoms with E-state index in [4.69, 9.17) is 0 Å². The number of alkyl halides is 2. The molecular weight excluding hydrogens is 384 g/mol. The first-order chi connectivity index (χ1) is 13.5. The molecule has 2 aromatic carbocycles. The summed E-state index contributed by atoms with van der Waals surface area (Å²) in [5.41, 5.74) is 2.21. The van der Waals surface area contributed by atoms with Crippen molar-refractivity contribution in [1.82, 2.24) is 0 Å². The molecule has 6 heteroatoms. The Morgan fingerprint density at radius 2 is 1.61 bits per heavy atom. The lowest BCUT2D eigenvalue weighted by atomic mass is 9.92. The van der Waals surface area contributed by atoms with Crippen molar-refractivity contribution in [2.75, 3.05) is 0 Å². The van der Waals surface area contributed by atoms with Crippen LogP contribution in [0.25, 0.3) is 11.1 Å². The van der Waals surface area contributed by atoms with Gasteiger partial charge < -0.3 is 4.74 Å². The van der Waals surface area contributed by atoms with Gasteiger partial charge in [-0.1, -0.05) is 62.2 Å². The quantitative estimate of drug-likeness (QED) is 0.342. The first kappa shape index (κ1) is 20.9. The zero-order valence-electron chi connectivity index (χ0n) is 16.0. The number of hydrogen-bond acceptors (Lipinski definition) is 1. The minimum Gasteiger partial charge on any atom is -0.429 e. The van der Waals surface area contributed by atoms with Crippen LogP contribution in [-0.2, 0) is 0 Å². The van der Waals surface area contributed by atoms with Gasteiger partial charge in [0.1, 0.15) is 0 Å². The fourth-order valence-electron chi connectivity index (χ4n) is 3.91. The van der Waals surface area contributed by atoms with E-state index in [1.54, 1.807) is 0 Å². The molecule has 0 bridgehead atoms. The fourth-order valence-corrected chi connectivity index (χ4v) is 7.03. The lowest BCUT2D eigenvalue weighted by Crippen LogP contribution is -2.20. The number of unbranched alkanes of at least 4 members (excludes halogenated alkanes) is 1. The lowest BCUT2D eigenvalue weighted by Gasteiger charge is -2.27. The zero-order valence-corrected chi connectivity index (χ0v) is 17.0. The SMILES string of the molecule is CCCC[Si]1CCC(c2ccc(-c3cc(F)c(OC(F)F)c(F)c3)cc2)CC1. The van der Waals surface area contributed by atoms with Crippen molar-refractivity contribution in [1.29, 1.82) is 0 Å². The number of rotatable bonds is 7. The molecule has 151 valence electrons. The third kappa shape index (κ3) is 5.16. The van der Waals surface area contributed by atoms with Crippen molar-refractivity contribution in [3.63, 3.8) is 0 Å². The van der Waals surface area contributed by atoms with E-state index in [1.807, 2.05) is 24.3 Å². The van der Waals surface area contributed by atoms with Crippen LogP contribution >= 0.6 is 0 Å². The predicted octanol–water partition coefficient (Wildman–Crippen LogP) is 7.41. The highest BCUT2D eigenvalue weighted by molar-refractivity contribution is 6.59. The Kier molecular flexibility index (Phi) is 7.16. The molecule has 0 aromatic heterocycles. The molecule has 0 atom stereocenters. The van der Waals surface area contributed by atoms with Crippen molar-refractivity contribution < 1.29 is 22.3 Å². The maximum atomic E-state index is 14.0. The lowest BCUT2D eigenvalue weighted by molar-refractivity contribution is -0.0546. The Bertz CT molecular complexity index is 748. The molecule has 1 radical (unpaired) electrons. The van der Waals surface area contributed by atoms with Crippen LogP contribution in [-0.4, -0.2) is 15.4 Å². The van der Waals surface area contributed by atoms with Gasteiger partial charge in [0.15, 0.2) is 17.4 Å². The van der Waals surface area contributed by atoms with Crippen molar-refractivity contribution in [3.8, 4) is 16.9 Å². The van der Waals surface area contributed by atoms with Gasteiger partial charge in [-0.05, 0) is 47.6 Å². The van der Waals surface area contributed by atoms with E-state index >= 15 is 0 Å². The summed E-state index contributed by atoms with van der Waals surface area (Å²) in [7, 11) is -0.171. The minimum atomic E-state index is -3.27. The van der Waals surface area contributed by atoms with Crippen LogP contribution in [0.15, 0.2) is 36.4 Å². The van der Waals surface area contributed by atoms with E-state index < -0.39 is 24.0 Å². The summed E-state index contributed by atoms with van der Waals surface area (Å²) in [4.78, 5) is 0. The van der Waals surface area contributed by atoms with Crippen molar-refractivity contribution >= 4 is 8.80 Å². The molecule has 1 fully saturated rings. The van der Waals surface area contributed by atoms with E-state index in [-0.39, 0.29) is 8.80 Å². The molecule has 0 amide bonds. The summed E-state index contributed by atoms with van der Waals surface area (Å²) >= 11 is 0. The smallest absolute Gasteiger partial charge is 0.387 e. The second-order valence-corrected chi connectivity index (χ2v) is 10.4. The van der Waals surface area contributed by atoms with Crippen LogP contribution in [0.3, 0.4) is 0 Å². The minimum absolute atomic E-state index is 0.171. The number of hydrogen-bond donors (Lipinski definition) is 0. The van der Waals surface area contributed by atoms with Gasteiger partial charge in [0, 0.05) is 8.80 Å². The average Bonchev–Trinajstić information content (AvgIpc) is 2.69. The average molecular weight is 410 g/mol. The highest BCUT2D eigenvalue weighted by Gasteiger charge is 2.23. The van der Waals surface area contributed by atoms with Gasteiger partial charge in [-0.3, -0.25) is 0 Å². The molecule has 0 spiro atoms. The summed E-state index contributed by atoms with van der Waals surface area (Å²) in [6.07, 6.45) is 5.07. The summed E-state index contributed by atoms with van der Waals surface area (Å²) in [6.45, 7) is -1.03. The Morgan fingerprint density at radius 3 is 2.14 bits per heavy atom. The van der Waals surface area contributed by atoms with Crippen LogP contribution in [0.4, 0.5) is 17.6 Å². The molecule has 0 saturated carbocycles. The molecule has 0 unspecified atom stereocenters. The highest BCUT2D eigenvalue weighted by Crippen LogP contribution is 2.36. The monoisotopic (exact) mass is 409 g/mol. The first-order valence-corrected chi connectivity index (χ1v) is 12.0. The summed E-state index contributed by atoms with van der Waals surface area (Å²) in [5.74, 6) is -2.75. The first-order valence-electron chi connectivity index (χ1n) is 9.85. The van der Waals surface area contributed by atoms with Crippen LogP contribution < -0.4 is 4.74 Å². The Hall–Kier alpha value is -1.82. The maximum Gasteiger partial charge on any atom is 0.387 e. The number of ether oxygens (including phenoxy) is 1. The van der Waals surface area contributed by atoms with Crippen LogP contribution in [0.1, 0.15) is 44.1 Å². The van der Waals surface area contributed by atoms with Crippen molar-refractivity contribution in [2.45, 2.75) is 63.3 Å². The van der Waals surface area contributed by atoms with Gasteiger partial charge in [-0.15, -0.1) is 0 Å². The second kappa shape index (κ2) is 9.59. The Morgan fingerprint density at radius 1 is 1.00 bits per heavy atom. The molecule has 1 aliphatic rings. The van der Waals surface area contributed by atoms with Gasteiger partial charge in [-0.2, -0.15) is 8.78 Å². The van der Waals surface area contributed by atoms with E-state index in [0.717, 1.165) is 12.1 Å². The van der Waals surface area contributed by atoms with E-state index in [0.29, 0.717) is 17.0 Å². The number of halogens is 4. The highest BCUT2D eigenvalue weighted by atomic mass is 28.3. The van der Waals surface area contributed by atoms with Gasteiger partial charge in [0.05, 0.1) is 0 Å². The van der Waals surface area contributed by atoms with Gasteiger partial charge >= 0.3 is 6.61 Å². The van der Waals surface area contributed by atoms with E-state index in [2.05, 4.69) is 11.7 Å². The van der Waals surface area contributed by atoms with E-state index in [1.165, 1.54) is 49.4 Å². The van der Waals surface area contributed by atoms with Crippen LogP contribution in [0, 0.1) is 11.6 Å². The predicted molar refractivity (Wildman–Crippen MR) is 105 cm³/mol. The summed E-state index contributed by atoms with van der Waals surface area (Å²) < 4.78 is 56.3. The zero-order chi connectivity index (χ0) is 20.1. The van der Waals surface area contributed by atoms with Crippen molar-refractivity contribution in [2.24, 2.45) is 0 Å². The third-order valence-electron chi connectivity index (χ3n) is 5.50. The Balaban J connectivity index is 1.68. The normalized spacial score (nSPS) is 15.9. The summed E-state index contributed by atoms with van der Waals surface area (Å²) in [5, 5.41) is 0. The largest absolute Gasteiger partial charge is 0.429 e. The standard InChI is InChI=1S/C22H25F4OSi/c1-2-3-10-28-11-8-17(9-12-28)15-4-6-16(7-5-15)18-13-19(23)21(20(24)14-18)27-22(25)26/h4-7,13-14,17,22H,2-3,8-12H2,1H3. The van der Waals surface area contributed by atoms with Crippen LogP contribution in [0.2, 0.25) is 18.1 Å². The summed E-state index contributed by atoms with van der Waals surface area (Å²) in [6, 6.07) is 13.9. The van der Waals surface area contributed by atoms with Crippen LogP contribution in [0.5, 0.6) is 5.75 Å².